The van der Waals surface area contributed by atoms with E-state index in [1.165, 1.54) is 7.11 Å². The molecule has 0 unspecified atom stereocenters. The number of pyridine rings is 1. The normalized spacial score (nSPS) is 9.90. The molecule has 0 radical (unpaired) electrons. The van der Waals surface area contributed by atoms with Crippen LogP contribution in [0.4, 0.5) is 5.69 Å². The molecule has 0 aliphatic rings. The van der Waals surface area contributed by atoms with Gasteiger partial charge in [0.1, 0.15) is 4.60 Å². The van der Waals surface area contributed by atoms with Gasteiger partial charge in [0.05, 0.1) is 12.7 Å². The van der Waals surface area contributed by atoms with Gasteiger partial charge < -0.3 is 10.1 Å². The van der Waals surface area contributed by atoms with Gasteiger partial charge in [0.15, 0.2) is 0 Å². The quantitative estimate of drug-likeness (QED) is 0.692. The van der Waals surface area contributed by atoms with Crippen LogP contribution < -0.4 is 5.32 Å². The van der Waals surface area contributed by atoms with Crippen LogP contribution in [0.3, 0.4) is 0 Å². The minimum Gasteiger partial charge on any atom is -0.465 e. The zero-order chi connectivity index (χ0) is 14.5. The fraction of sp³-hybridized carbons (Fsp3) is 0.0714. The molecule has 5 nitrogen and oxygen atoms in total. The first kappa shape index (κ1) is 14.2. The molecule has 1 aromatic carbocycles. The van der Waals surface area contributed by atoms with Gasteiger partial charge >= 0.3 is 5.97 Å². The number of aromatic nitrogens is 1. The van der Waals surface area contributed by atoms with E-state index in [1.807, 2.05) is 0 Å². The van der Waals surface area contributed by atoms with E-state index < -0.39 is 5.97 Å². The van der Waals surface area contributed by atoms with E-state index in [0.29, 0.717) is 21.4 Å². The number of methoxy groups -OCH3 is 1. The third kappa shape index (κ3) is 3.42. The number of nitrogens with one attached hydrogen (secondary N) is 1. The SMILES string of the molecule is COC(=O)c1ccc(NC(=O)c2ccnc(Br)c2)cc1. The lowest BCUT2D eigenvalue weighted by atomic mass is 10.2. The molecule has 0 fully saturated rings. The average Bonchev–Trinajstić information content (AvgIpc) is 2.47. The molecule has 1 aromatic heterocycles. The smallest absolute Gasteiger partial charge is 0.337 e. The highest BCUT2D eigenvalue weighted by Crippen LogP contribution is 2.13. The van der Waals surface area contributed by atoms with Crippen molar-refractivity contribution in [2.45, 2.75) is 0 Å². The number of halogens is 1. The summed E-state index contributed by atoms with van der Waals surface area (Å²) in [5.74, 6) is -0.667. The molecule has 20 heavy (non-hydrogen) atoms. The summed E-state index contributed by atoms with van der Waals surface area (Å²) in [4.78, 5) is 27.2. The molecular formula is C14H11BrN2O3. The molecule has 2 aromatic rings. The number of esters is 1. The monoisotopic (exact) mass is 334 g/mol. The highest BCUT2D eigenvalue weighted by Gasteiger charge is 2.08. The molecule has 102 valence electrons. The lowest BCUT2D eigenvalue weighted by Gasteiger charge is -2.06. The van der Waals surface area contributed by atoms with Crippen LogP contribution in [0, 0.1) is 0 Å². The lowest BCUT2D eigenvalue weighted by Crippen LogP contribution is -2.12. The maximum absolute atomic E-state index is 12.0. The zero-order valence-electron chi connectivity index (χ0n) is 10.6. The minimum absolute atomic E-state index is 0.251. The molecule has 6 heteroatoms. The van der Waals surface area contributed by atoms with Crippen molar-refractivity contribution in [1.29, 1.82) is 0 Å². The van der Waals surface area contributed by atoms with Crippen LogP contribution in [0.15, 0.2) is 47.2 Å². The van der Waals surface area contributed by atoms with Crippen molar-refractivity contribution in [2.75, 3.05) is 12.4 Å². The van der Waals surface area contributed by atoms with Crippen molar-refractivity contribution in [2.24, 2.45) is 0 Å². The van der Waals surface area contributed by atoms with Crippen LogP contribution >= 0.6 is 15.9 Å². The molecule has 2 rings (SSSR count). The van der Waals surface area contributed by atoms with E-state index in [-0.39, 0.29) is 5.91 Å². The van der Waals surface area contributed by atoms with Crippen molar-refractivity contribution in [3.63, 3.8) is 0 Å². The van der Waals surface area contributed by atoms with E-state index in [2.05, 4.69) is 31.0 Å². The molecule has 0 bridgehead atoms. The summed E-state index contributed by atoms with van der Waals surface area (Å²) in [6.45, 7) is 0. The second-order valence-electron chi connectivity index (χ2n) is 3.89. The Morgan fingerprint density at radius 1 is 1.15 bits per heavy atom. The van der Waals surface area contributed by atoms with Crippen molar-refractivity contribution < 1.29 is 14.3 Å². The van der Waals surface area contributed by atoms with Gasteiger partial charge in [0, 0.05) is 17.4 Å². The van der Waals surface area contributed by atoms with Crippen LogP contribution in [0.5, 0.6) is 0 Å². The van der Waals surface area contributed by atoms with Crippen molar-refractivity contribution in [1.82, 2.24) is 4.98 Å². The molecule has 0 aliphatic carbocycles. The van der Waals surface area contributed by atoms with E-state index in [9.17, 15) is 9.59 Å². The van der Waals surface area contributed by atoms with Crippen molar-refractivity contribution in [3.05, 3.63) is 58.3 Å². The summed E-state index contributed by atoms with van der Waals surface area (Å²) in [5, 5.41) is 2.73. The first-order chi connectivity index (χ1) is 9.60. The standard InChI is InChI=1S/C14H11BrN2O3/c1-20-14(19)9-2-4-11(5-3-9)17-13(18)10-6-7-16-12(15)8-10/h2-8H,1H3,(H,17,18). The van der Waals surface area contributed by atoms with E-state index in [4.69, 9.17) is 0 Å². The van der Waals surface area contributed by atoms with E-state index in [0.717, 1.165) is 0 Å². The van der Waals surface area contributed by atoms with Crippen molar-refractivity contribution >= 4 is 33.5 Å². The van der Waals surface area contributed by atoms with Crippen molar-refractivity contribution in [3.8, 4) is 0 Å². The molecule has 0 spiro atoms. The Kier molecular flexibility index (Phi) is 4.47. The number of hydrogen-bond donors (Lipinski definition) is 1. The highest BCUT2D eigenvalue weighted by atomic mass is 79.9. The number of hydrogen-bond acceptors (Lipinski definition) is 4. The number of nitrogens with zero attached hydrogens (tertiary/aromatic N) is 1. The minimum atomic E-state index is -0.416. The van der Waals surface area contributed by atoms with Gasteiger partial charge in [-0.25, -0.2) is 9.78 Å². The maximum Gasteiger partial charge on any atom is 0.337 e. The van der Waals surface area contributed by atoms with Gasteiger partial charge in [-0.3, -0.25) is 4.79 Å². The highest BCUT2D eigenvalue weighted by molar-refractivity contribution is 9.10. The summed E-state index contributed by atoms with van der Waals surface area (Å²) in [5.41, 5.74) is 1.51. The van der Waals surface area contributed by atoms with Crippen LogP contribution in [-0.4, -0.2) is 24.0 Å². The van der Waals surface area contributed by atoms with Gasteiger partial charge in [-0.15, -0.1) is 0 Å². The number of carbonyl (C=O) groups excluding carboxylic acids is 2. The number of rotatable bonds is 3. The predicted molar refractivity (Wildman–Crippen MR) is 77.7 cm³/mol. The average molecular weight is 335 g/mol. The van der Waals surface area contributed by atoms with Crippen LogP contribution in [0.1, 0.15) is 20.7 Å². The number of benzene rings is 1. The summed E-state index contributed by atoms with van der Waals surface area (Å²) in [6.07, 6.45) is 1.54. The van der Waals surface area contributed by atoms with Crippen LogP contribution in [-0.2, 0) is 4.74 Å². The van der Waals surface area contributed by atoms with Crippen LogP contribution in [0.25, 0.3) is 0 Å². The molecule has 1 heterocycles. The number of carbonyl (C=O) groups is 2. The van der Waals surface area contributed by atoms with Gasteiger partial charge in [-0.1, -0.05) is 0 Å². The second kappa shape index (κ2) is 6.29. The Labute approximate surface area is 124 Å². The molecule has 1 N–H and O–H groups in total. The third-order valence-electron chi connectivity index (χ3n) is 2.55. The maximum atomic E-state index is 12.0. The Balaban J connectivity index is 2.10. The van der Waals surface area contributed by atoms with E-state index >= 15 is 0 Å². The Morgan fingerprint density at radius 3 is 2.45 bits per heavy atom. The van der Waals surface area contributed by atoms with Gasteiger partial charge in [-0.2, -0.15) is 0 Å². The van der Waals surface area contributed by atoms with E-state index in [1.54, 1.807) is 42.6 Å². The Bertz CT molecular complexity index is 641. The summed E-state index contributed by atoms with van der Waals surface area (Å²) < 4.78 is 5.19. The predicted octanol–water partition coefficient (Wildman–Crippen LogP) is 2.88. The molecule has 0 atom stereocenters. The second-order valence-corrected chi connectivity index (χ2v) is 4.70. The molecule has 0 aliphatic heterocycles. The third-order valence-corrected chi connectivity index (χ3v) is 2.99. The summed E-state index contributed by atoms with van der Waals surface area (Å²) >= 11 is 3.21. The summed E-state index contributed by atoms with van der Waals surface area (Å²) in [7, 11) is 1.32. The fourth-order valence-electron chi connectivity index (χ4n) is 1.55. The number of anilines is 1. The van der Waals surface area contributed by atoms with Crippen LogP contribution in [0.2, 0.25) is 0 Å². The lowest BCUT2D eigenvalue weighted by molar-refractivity contribution is 0.0600. The Morgan fingerprint density at radius 2 is 1.85 bits per heavy atom. The van der Waals surface area contributed by atoms with Gasteiger partial charge in [0.2, 0.25) is 0 Å². The summed E-state index contributed by atoms with van der Waals surface area (Å²) in [6, 6.07) is 9.69. The van der Waals surface area contributed by atoms with Gasteiger partial charge in [-0.05, 0) is 52.3 Å². The Hall–Kier alpha value is -2.21. The topological polar surface area (TPSA) is 68.3 Å². The molecule has 0 saturated carbocycles. The fourth-order valence-corrected chi connectivity index (χ4v) is 1.92. The molecule has 0 saturated heterocycles. The molecular weight excluding hydrogens is 324 g/mol. The van der Waals surface area contributed by atoms with Gasteiger partial charge in [0.25, 0.3) is 5.91 Å². The largest absolute Gasteiger partial charge is 0.465 e. The first-order valence-electron chi connectivity index (χ1n) is 5.71. The number of ether oxygens (including phenoxy) is 1. The first-order valence-corrected chi connectivity index (χ1v) is 6.51. The zero-order valence-corrected chi connectivity index (χ0v) is 12.2. The number of amides is 1. The molecule has 1 amide bonds.